The third kappa shape index (κ3) is 6.01. The minimum absolute atomic E-state index is 0.0103. The predicted molar refractivity (Wildman–Crippen MR) is 132 cm³/mol. The molecule has 0 amide bonds. The highest BCUT2D eigenvalue weighted by atomic mass is 19.1. The van der Waals surface area contributed by atoms with Crippen LogP contribution in [0, 0.1) is 17.8 Å². The number of aliphatic imine (C=N–C) groups is 1. The number of rotatable bonds is 6. The lowest BCUT2D eigenvalue weighted by molar-refractivity contribution is 0.260. The highest BCUT2D eigenvalue weighted by molar-refractivity contribution is 5.91. The van der Waals surface area contributed by atoms with Gasteiger partial charge in [0.25, 0.3) is 0 Å². The molecule has 5 nitrogen and oxygen atoms in total. The highest BCUT2D eigenvalue weighted by Gasteiger charge is 2.28. The Bertz CT molecular complexity index is 1060. The Hall–Kier alpha value is -3.59. The fraction of sp³-hybridized carbons (Fsp3) is 0.333. The Morgan fingerprint density at radius 1 is 1.36 bits per heavy atom. The molecule has 3 heterocycles. The number of likely N-dealkylation sites (N-methyl/N-ethyl adjacent to an activating group) is 1. The van der Waals surface area contributed by atoms with E-state index < -0.39 is 5.83 Å². The summed E-state index contributed by atoms with van der Waals surface area (Å²) in [5.41, 5.74) is 3.96. The molecule has 2 aliphatic rings. The van der Waals surface area contributed by atoms with Crippen LogP contribution in [0.5, 0.6) is 0 Å². The first-order valence-electron chi connectivity index (χ1n) is 11.1. The molecular formula is C27H31FN4O. The Morgan fingerprint density at radius 3 is 2.82 bits per heavy atom. The van der Waals surface area contributed by atoms with Gasteiger partial charge in [-0.3, -0.25) is 4.98 Å². The van der Waals surface area contributed by atoms with Crippen LogP contribution < -0.4 is 0 Å². The molecule has 0 spiro atoms. The van der Waals surface area contributed by atoms with Crippen LogP contribution in [0.4, 0.5) is 4.39 Å². The van der Waals surface area contributed by atoms with Crippen molar-refractivity contribution >= 4 is 11.7 Å². The first-order chi connectivity index (χ1) is 15.9. The lowest BCUT2D eigenvalue weighted by Crippen LogP contribution is -2.47. The van der Waals surface area contributed by atoms with Crippen LogP contribution in [0.3, 0.4) is 0 Å². The van der Waals surface area contributed by atoms with Crippen LogP contribution in [0.15, 0.2) is 84.3 Å². The summed E-state index contributed by atoms with van der Waals surface area (Å²) in [7, 11) is 3.40. The zero-order valence-corrected chi connectivity index (χ0v) is 19.5. The molecule has 3 rings (SSSR count). The van der Waals surface area contributed by atoms with Gasteiger partial charge in [0.15, 0.2) is 5.83 Å². The van der Waals surface area contributed by atoms with Crippen molar-refractivity contribution in [1.82, 2.24) is 14.8 Å². The van der Waals surface area contributed by atoms with Crippen molar-refractivity contribution in [1.29, 1.82) is 0 Å². The molecule has 2 aliphatic heterocycles. The Labute approximate surface area is 196 Å². The molecule has 172 valence electrons. The molecular weight excluding hydrogens is 415 g/mol. The van der Waals surface area contributed by atoms with Crippen LogP contribution in [-0.2, 0) is 4.74 Å². The minimum Gasteiger partial charge on any atom is -0.486 e. The van der Waals surface area contributed by atoms with Crippen LogP contribution in [0.1, 0.15) is 31.2 Å². The molecule has 0 N–H and O–H groups in total. The standard InChI is InChI=1S/C27H31FN4O/c1-6-24(28)26(33-5)12-8-7-10-20(2)23-11-9-17-32(19-23)27-30-25(18-21(3)31(27)4)22-13-15-29-16-14-22/h6,13-16,18,23H,1-3,7,9-11,17,19H2,4-5H3/b26-24-. The summed E-state index contributed by atoms with van der Waals surface area (Å²) in [5, 5.41) is 0. The van der Waals surface area contributed by atoms with Gasteiger partial charge >= 0.3 is 0 Å². The van der Waals surface area contributed by atoms with Crippen LogP contribution in [0.25, 0.3) is 5.70 Å². The van der Waals surface area contributed by atoms with E-state index in [1.807, 2.05) is 30.2 Å². The summed E-state index contributed by atoms with van der Waals surface area (Å²) in [5.74, 6) is 6.43. The second-order valence-electron chi connectivity index (χ2n) is 8.06. The summed E-state index contributed by atoms with van der Waals surface area (Å²) in [6.45, 7) is 13.7. The number of piperidine rings is 1. The zero-order valence-electron chi connectivity index (χ0n) is 19.5. The number of halogens is 1. The van der Waals surface area contributed by atoms with Gasteiger partial charge in [0.2, 0.25) is 11.7 Å². The number of aromatic nitrogens is 1. The molecule has 1 saturated heterocycles. The summed E-state index contributed by atoms with van der Waals surface area (Å²) < 4.78 is 18.5. The van der Waals surface area contributed by atoms with Crippen molar-refractivity contribution in [3.8, 4) is 11.8 Å². The molecule has 6 heteroatoms. The summed E-state index contributed by atoms with van der Waals surface area (Å²) in [4.78, 5) is 13.4. The fourth-order valence-corrected chi connectivity index (χ4v) is 3.91. The second-order valence-corrected chi connectivity index (χ2v) is 8.06. The topological polar surface area (TPSA) is 41.0 Å². The third-order valence-corrected chi connectivity index (χ3v) is 5.89. The molecule has 0 bridgehead atoms. The van der Waals surface area contributed by atoms with Crippen molar-refractivity contribution in [3.05, 3.63) is 84.8 Å². The van der Waals surface area contributed by atoms with Crippen LogP contribution in [0.2, 0.25) is 0 Å². The average Bonchev–Trinajstić information content (AvgIpc) is 2.85. The van der Waals surface area contributed by atoms with Gasteiger partial charge in [0.05, 0.1) is 12.8 Å². The van der Waals surface area contributed by atoms with E-state index in [9.17, 15) is 4.39 Å². The molecule has 1 fully saturated rings. The van der Waals surface area contributed by atoms with Gasteiger partial charge in [0.1, 0.15) is 0 Å². The quantitative estimate of drug-likeness (QED) is 0.257. The Morgan fingerprint density at radius 2 is 2.12 bits per heavy atom. The van der Waals surface area contributed by atoms with Gasteiger partial charge in [-0.1, -0.05) is 31.2 Å². The van der Waals surface area contributed by atoms with Crippen molar-refractivity contribution in [2.75, 3.05) is 27.2 Å². The lowest BCUT2D eigenvalue weighted by Gasteiger charge is -2.40. The van der Waals surface area contributed by atoms with E-state index in [4.69, 9.17) is 9.73 Å². The number of guanidine groups is 1. The maximum absolute atomic E-state index is 13.6. The van der Waals surface area contributed by atoms with Gasteiger partial charge in [0, 0.05) is 50.2 Å². The summed E-state index contributed by atoms with van der Waals surface area (Å²) >= 11 is 0. The molecule has 1 atom stereocenters. The van der Waals surface area contributed by atoms with Crippen LogP contribution >= 0.6 is 0 Å². The highest BCUT2D eigenvalue weighted by Crippen LogP contribution is 2.29. The molecule has 1 aromatic rings. The van der Waals surface area contributed by atoms with E-state index in [1.165, 1.54) is 7.11 Å². The average molecular weight is 447 g/mol. The minimum atomic E-state index is -0.550. The first kappa shape index (κ1) is 24.1. The number of methoxy groups -OCH3 is 1. The molecule has 0 aliphatic carbocycles. The number of allylic oxidation sites excluding steroid dienone is 4. The van der Waals surface area contributed by atoms with E-state index >= 15 is 0 Å². The Balaban J connectivity index is 1.67. The fourth-order valence-electron chi connectivity index (χ4n) is 3.91. The molecule has 1 aromatic heterocycles. The SMILES string of the molecule is C=C/C(F)=C(\C#CCCC(=C)C1CCCN(C2=NC(c3ccncc3)=CC(=C)N2C)C1)OC. The van der Waals surface area contributed by atoms with Crippen molar-refractivity contribution in [3.63, 3.8) is 0 Å². The number of hydrogen-bond donors (Lipinski definition) is 0. The summed E-state index contributed by atoms with van der Waals surface area (Å²) in [6, 6.07) is 3.91. The molecule has 1 unspecified atom stereocenters. The monoisotopic (exact) mass is 446 g/mol. The van der Waals surface area contributed by atoms with Crippen LogP contribution in [-0.4, -0.2) is 48.0 Å². The predicted octanol–water partition coefficient (Wildman–Crippen LogP) is 5.30. The summed E-state index contributed by atoms with van der Waals surface area (Å²) in [6.07, 6.45) is 10.1. The van der Waals surface area contributed by atoms with E-state index in [1.54, 1.807) is 12.4 Å². The van der Waals surface area contributed by atoms with E-state index in [-0.39, 0.29) is 5.76 Å². The van der Waals surface area contributed by atoms with Gasteiger partial charge in [-0.15, -0.1) is 0 Å². The van der Waals surface area contributed by atoms with Gasteiger partial charge in [-0.25, -0.2) is 9.38 Å². The van der Waals surface area contributed by atoms with Gasteiger partial charge in [-0.2, -0.15) is 0 Å². The maximum atomic E-state index is 13.6. The largest absolute Gasteiger partial charge is 0.486 e. The third-order valence-electron chi connectivity index (χ3n) is 5.89. The van der Waals surface area contributed by atoms with Crippen molar-refractivity contribution in [2.24, 2.45) is 10.9 Å². The number of ether oxygens (including phenoxy) is 1. The van der Waals surface area contributed by atoms with E-state index in [2.05, 4.69) is 41.5 Å². The van der Waals surface area contributed by atoms with E-state index in [0.717, 1.165) is 66.9 Å². The lowest BCUT2D eigenvalue weighted by atomic mass is 9.89. The number of likely N-dealkylation sites (tertiary alicyclic amines) is 1. The first-order valence-corrected chi connectivity index (χ1v) is 11.1. The molecule has 0 radical (unpaired) electrons. The molecule has 0 saturated carbocycles. The molecule has 0 aromatic carbocycles. The van der Waals surface area contributed by atoms with Gasteiger partial charge < -0.3 is 14.5 Å². The number of nitrogens with zero attached hydrogens (tertiary/aromatic N) is 4. The zero-order chi connectivity index (χ0) is 23.8. The molecule has 33 heavy (non-hydrogen) atoms. The normalized spacial score (nSPS) is 19.0. The van der Waals surface area contributed by atoms with Crippen molar-refractivity contribution < 1.29 is 9.13 Å². The number of pyridine rings is 1. The second kappa shape index (κ2) is 11.3. The van der Waals surface area contributed by atoms with E-state index in [0.29, 0.717) is 12.3 Å². The van der Waals surface area contributed by atoms with Crippen molar-refractivity contribution in [2.45, 2.75) is 25.7 Å². The maximum Gasteiger partial charge on any atom is 0.206 e. The Kier molecular flexibility index (Phi) is 8.26. The number of hydrogen-bond acceptors (Lipinski definition) is 5. The van der Waals surface area contributed by atoms with Gasteiger partial charge in [-0.05, 0) is 55.4 Å². The smallest absolute Gasteiger partial charge is 0.206 e.